The lowest BCUT2D eigenvalue weighted by Gasteiger charge is -2.41. The number of imidazole rings is 1. The number of thioether (sulfide) groups is 1. The Hall–Kier alpha value is -3.10. The molecule has 0 spiro atoms. The van der Waals surface area contributed by atoms with E-state index in [0.29, 0.717) is 12.8 Å². The molecular formula is C29H34N2O5S. The summed E-state index contributed by atoms with van der Waals surface area (Å²) in [5.41, 5.74) is 3.59. The fourth-order valence-electron chi connectivity index (χ4n) is 4.71. The normalized spacial score (nSPS) is 16.8. The Morgan fingerprint density at radius 2 is 1.57 bits per heavy atom. The Morgan fingerprint density at radius 1 is 0.973 bits per heavy atom. The van der Waals surface area contributed by atoms with Gasteiger partial charge in [-0.25, -0.2) is 4.98 Å². The van der Waals surface area contributed by atoms with E-state index in [9.17, 15) is 9.59 Å². The standard InChI is InChI=1S/C29H34N2O5S/c1-21(32)34-18-16-29(17-19-35-22(2)33)15-9-14-25(36-29)20-37-28-30-26(23-10-5-3-6-11-23)27(31-28)24-12-7-4-8-13-24/h3-8,10-13,25H,9,14-20H2,1-2H3,(H,30,31). The summed E-state index contributed by atoms with van der Waals surface area (Å²) in [4.78, 5) is 31.1. The molecule has 3 aromatic rings. The van der Waals surface area contributed by atoms with Crippen LogP contribution in [0.5, 0.6) is 0 Å². The molecule has 1 fully saturated rings. The molecule has 0 aliphatic carbocycles. The minimum atomic E-state index is -0.484. The maximum atomic E-state index is 11.3. The SMILES string of the molecule is CC(=O)OCCC1(CCOC(C)=O)CCCC(CSc2nc(-c3ccccc3)c(-c3ccccc3)[nH]2)O1. The zero-order valence-corrected chi connectivity index (χ0v) is 22.2. The van der Waals surface area contributed by atoms with E-state index in [1.165, 1.54) is 13.8 Å². The highest BCUT2D eigenvalue weighted by molar-refractivity contribution is 7.99. The van der Waals surface area contributed by atoms with Crippen LogP contribution in [-0.4, -0.2) is 52.6 Å². The smallest absolute Gasteiger partial charge is 0.302 e. The molecule has 0 radical (unpaired) electrons. The summed E-state index contributed by atoms with van der Waals surface area (Å²) >= 11 is 1.65. The number of ether oxygens (including phenoxy) is 3. The Labute approximate surface area is 222 Å². The van der Waals surface area contributed by atoms with Crippen molar-refractivity contribution in [3.63, 3.8) is 0 Å². The average Bonchev–Trinajstić information content (AvgIpc) is 3.33. The molecule has 1 N–H and O–H groups in total. The van der Waals surface area contributed by atoms with Crippen molar-refractivity contribution in [1.82, 2.24) is 9.97 Å². The number of aromatic nitrogens is 2. The first kappa shape index (κ1) is 26.9. The van der Waals surface area contributed by atoms with E-state index in [2.05, 4.69) is 29.2 Å². The fraction of sp³-hybridized carbons (Fsp3) is 0.414. The molecule has 1 unspecified atom stereocenters. The summed E-state index contributed by atoms with van der Waals surface area (Å²) in [6, 6.07) is 20.4. The van der Waals surface area contributed by atoms with Crippen molar-refractivity contribution < 1.29 is 23.8 Å². The van der Waals surface area contributed by atoms with Crippen LogP contribution in [0.15, 0.2) is 65.8 Å². The summed E-state index contributed by atoms with van der Waals surface area (Å²) in [6.45, 7) is 3.38. The predicted octanol–water partition coefficient (Wildman–Crippen LogP) is 6.05. The second kappa shape index (κ2) is 12.9. The van der Waals surface area contributed by atoms with Gasteiger partial charge in [0.15, 0.2) is 5.16 Å². The van der Waals surface area contributed by atoms with Crippen LogP contribution in [-0.2, 0) is 23.8 Å². The van der Waals surface area contributed by atoms with Gasteiger partial charge in [-0.05, 0) is 19.3 Å². The van der Waals surface area contributed by atoms with E-state index in [1.54, 1.807) is 11.8 Å². The van der Waals surface area contributed by atoms with E-state index in [4.69, 9.17) is 19.2 Å². The number of carbonyl (C=O) groups is 2. The molecule has 1 aliphatic rings. The topological polar surface area (TPSA) is 90.5 Å². The third kappa shape index (κ3) is 7.69. The minimum Gasteiger partial charge on any atom is -0.466 e. The first-order valence-electron chi connectivity index (χ1n) is 12.7. The third-order valence-corrected chi connectivity index (χ3v) is 7.50. The number of esters is 2. The van der Waals surface area contributed by atoms with Gasteiger partial charge < -0.3 is 19.2 Å². The van der Waals surface area contributed by atoms with Gasteiger partial charge in [-0.3, -0.25) is 9.59 Å². The molecule has 7 nitrogen and oxygen atoms in total. The molecule has 1 atom stereocenters. The number of carbonyl (C=O) groups excluding carboxylic acids is 2. The van der Waals surface area contributed by atoms with E-state index in [0.717, 1.165) is 52.7 Å². The maximum Gasteiger partial charge on any atom is 0.302 e. The minimum absolute atomic E-state index is 0.0128. The van der Waals surface area contributed by atoms with Crippen LogP contribution in [0.4, 0.5) is 0 Å². The average molecular weight is 523 g/mol. The van der Waals surface area contributed by atoms with Gasteiger partial charge in [0.1, 0.15) is 0 Å². The van der Waals surface area contributed by atoms with Gasteiger partial charge in [0.2, 0.25) is 0 Å². The van der Waals surface area contributed by atoms with Gasteiger partial charge >= 0.3 is 11.9 Å². The molecule has 2 aromatic carbocycles. The number of nitrogens with zero attached hydrogens (tertiary/aromatic N) is 1. The monoisotopic (exact) mass is 522 g/mol. The van der Waals surface area contributed by atoms with Crippen molar-refractivity contribution in [2.24, 2.45) is 0 Å². The van der Waals surface area contributed by atoms with Gasteiger partial charge in [0.05, 0.1) is 36.3 Å². The maximum absolute atomic E-state index is 11.3. The van der Waals surface area contributed by atoms with Crippen LogP contribution in [0.2, 0.25) is 0 Å². The molecule has 1 aliphatic heterocycles. The third-order valence-electron chi connectivity index (χ3n) is 6.50. The zero-order valence-electron chi connectivity index (χ0n) is 21.4. The van der Waals surface area contributed by atoms with E-state index >= 15 is 0 Å². The lowest BCUT2D eigenvalue weighted by molar-refractivity contribution is -0.158. The Balaban J connectivity index is 1.47. The van der Waals surface area contributed by atoms with E-state index in [1.807, 2.05) is 36.4 Å². The summed E-state index contributed by atoms with van der Waals surface area (Å²) in [6.07, 6.45) is 3.94. The number of aromatic amines is 1. The Kier molecular flexibility index (Phi) is 9.41. The quantitative estimate of drug-likeness (QED) is 0.242. The lowest BCUT2D eigenvalue weighted by Crippen LogP contribution is -2.43. The first-order valence-corrected chi connectivity index (χ1v) is 13.7. The van der Waals surface area contributed by atoms with Gasteiger partial charge in [-0.2, -0.15) is 0 Å². The number of rotatable bonds is 11. The molecule has 4 rings (SSSR count). The van der Waals surface area contributed by atoms with Crippen LogP contribution in [0, 0.1) is 0 Å². The highest BCUT2D eigenvalue weighted by Gasteiger charge is 2.37. The van der Waals surface area contributed by atoms with Gasteiger partial charge in [-0.1, -0.05) is 72.4 Å². The van der Waals surface area contributed by atoms with Crippen molar-refractivity contribution in [2.45, 2.75) is 62.8 Å². The summed E-state index contributed by atoms with van der Waals surface area (Å²) in [7, 11) is 0. The summed E-state index contributed by atoms with van der Waals surface area (Å²) in [5.74, 6) is 0.123. The van der Waals surface area contributed by atoms with E-state index in [-0.39, 0.29) is 31.3 Å². The van der Waals surface area contributed by atoms with Crippen LogP contribution >= 0.6 is 11.8 Å². The van der Waals surface area contributed by atoms with Crippen LogP contribution in [0.25, 0.3) is 22.5 Å². The second-order valence-electron chi connectivity index (χ2n) is 9.30. The molecule has 1 aromatic heterocycles. The van der Waals surface area contributed by atoms with Crippen molar-refractivity contribution in [1.29, 1.82) is 0 Å². The molecule has 37 heavy (non-hydrogen) atoms. The molecule has 8 heteroatoms. The van der Waals surface area contributed by atoms with Crippen LogP contribution in [0.3, 0.4) is 0 Å². The molecule has 1 saturated heterocycles. The highest BCUT2D eigenvalue weighted by atomic mass is 32.2. The fourth-order valence-corrected chi connectivity index (χ4v) is 5.61. The second-order valence-corrected chi connectivity index (χ2v) is 10.3. The summed E-state index contributed by atoms with van der Waals surface area (Å²) < 4.78 is 17.1. The Morgan fingerprint density at radius 3 is 2.16 bits per heavy atom. The molecule has 2 heterocycles. The van der Waals surface area contributed by atoms with Crippen molar-refractivity contribution in [3.8, 4) is 22.5 Å². The molecule has 196 valence electrons. The number of hydrogen-bond acceptors (Lipinski definition) is 7. The van der Waals surface area contributed by atoms with Crippen molar-refractivity contribution >= 4 is 23.7 Å². The molecule has 0 amide bonds. The number of benzene rings is 2. The zero-order chi connectivity index (χ0) is 26.1. The largest absolute Gasteiger partial charge is 0.466 e. The van der Waals surface area contributed by atoms with Gasteiger partial charge in [-0.15, -0.1) is 0 Å². The van der Waals surface area contributed by atoms with Crippen LogP contribution < -0.4 is 0 Å². The van der Waals surface area contributed by atoms with Crippen molar-refractivity contribution in [3.05, 3.63) is 60.7 Å². The number of nitrogens with one attached hydrogen (secondary N) is 1. The van der Waals surface area contributed by atoms with Gasteiger partial charge in [0, 0.05) is 43.6 Å². The Bertz CT molecular complexity index is 1090. The van der Waals surface area contributed by atoms with Crippen molar-refractivity contribution in [2.75, 3.05) is 19.0 Å². The molecular weight excluding hydrogens is 488 g/mol. The highest BCUT2D eigenvalue weighted by Crippen LogP contribution is 2.38. The van der Waals surface area contributed by atoms with E-state index < -0.39 is 5.60 Å². The number of H-pyrrole nitrogens is 1. The lowest BCUT2D eigenvalue weighted by atomic mass is 9.86. The van der Waals surface area contributed by atoms with Gasteiger partial charge in [0.25, 0.3) is 0 Å². The summed E-state index contributed by atoms with van der Waals surface area (Å²) in [5, 5.41) is 0.845. The molecule has 0 bridgehead atoms. The van der Waals surface area contributed by atoms with Crippen LogP contribution in [0.1, 0.15) is 46.0 Å². The first-order chi connectivity index (χ1) is 17.9. The number of hydrogen-bond donors (Lipinski definition) is 1. The predicted molar refractivity (Wildman–Crippen MR) is 144 cm³/mol. The molecule has 0 saturated carbocycles.